The van der Waals surface area contributed by atoms with Crippen LogP contribution >= 0.6 is 11.3 Å². The van der Waals surface area contributed by atoms with E-state index in [-0.39, 0.29) is 0 Å². The molecule has 1 heterocycles. The number of carbonyl (C=O) groups excluding carboxylic acids is 1. The molecule has 0 amide bonds. The third-order valence-corrected chi connectivity index (χ3v) is 3.67. The van der Waals surface area contributed by atoms with Crippen LogP contribution < -0.4 is 0 Å². The largest absolute Gasteiger partial charge is 0.298 e. The average Bonchev–Trinajstić information content (AvgIpc) is 2.98. The number of nitrogens with zero attached hydrogens (tertiary/aromatic N) is 1. The normalized spacial score (nSPS) is 15.6. The molecular weight excluding hydrogens is 218 g/mol. The zero-order valence-corrected chi connectivity index (χ0v) is 10.6. The predicted molar refractivity (Wildman–Crippen MR) is 67.7 cm³/mol. The Hall–Kier alpha value is -0.670. The van der Waals surface area contributed by atoms with Gasteiger partial charge in [-0.25, -0.2) is 0 Å². The number of hydrogen-bond acceptors (Lipinski definition) is 3. The summed E-state index contributed by atoms with van der Waals surface area (Å²) in [5, 5.41) is 4.29. The van der Waals surface area contributed by atoms with Crippen LogP contribution in [0.5, 0.6) is 0 Å². The summed E-state index contributed by atoms with van der Waals surface area (Å²) in [5.41, 5.74) is 1.35. The standard InChI is InChI=1S/C13H19NOS/c1-2-3-13(15)9-14(12-4-5-12)8-11-6-7-16-10-11/h6-7,10,12H,2-5,8-9H2,1H3. The van der Waals surface area contributed by atoms with Crippen molar-refractivity contribution in [1.29, 1.82) is 0 Å². The lowest BCUT2D eigenvalue weighted by Gasteiger charge is -2.20. The Labute approximate surface area is 101 Å². The van der Waals surface area contributed by atoms with Crippen molar-refractivity contribution in [3.8, 4) is 0 Å². The van der Waals surface area contributed by atoms with Gasteiger partial charge in [0, 0.05) is 19.0 Å². The fourth-order valence-corrected chi connectivity index (χ4v) is 2.62. The maximum atomic E-state index is 11.7. The van der Waals surface area contributed by atoms with Crippen LogP contribution in [0.1, 0.15) is 38.2 Å². The molecule has 0 N–H and O–H groups in total. The van der Waals surface area contributed by atoms with Crippen molar-refractivity contribution in [2.24, 2.45) is 0 Å². The van der Waals surface area contributed by atoms with E-state index in [0.29, 0.717) is 18.4 Å². The summed E-state index contributed by atoms with van der Waals surface area (Å²) in [6.07, 6.45) is 4.23. The van der Waals surface area contributed by atoms with Gasteiger partial charge >= 0.3 is 0 Å². The van der Waals surface area contributed by atoms with Crippen molar-refractivity contribution >= 4 is 17.1 Å². The molecule has 2 rings (SSSR count). The van der Waals surface area contributed by atoms with Gasteiger partial charge < -0.3 is 0 Å². The second-order valence-corrected chi connectivity index (χ2v) is 5.34. The highest BCUT2D eigenvalue weighted by Gasteiger charge is 2.29. The molecule has 1 aliphatic carbocycles. The Morgan fingerprint density at radius 1 is 1.56 bits per heavy atom. The minimum Gasteiger partial charge on any atom is -0.298 e. The molecule has 0 unspecified atom stereocenters. The molecule has 1 aromatic heterocycles. The Bertz CT molecular complexity index is 330. The van der Waals surface area contributed by atoms with Crippen molar-refractivity contribution < 1.29 is 4.79 Å². The summed E-state index contributed by atoms with van der Waals surface area (Å²) in [4.78, 5) is 14.0. The van der Waals surface area contributed by atoms with Gasteiger partial charge in [-0.15, -0.1) is 0 Å². The second kappa shape index (κ2) is 5.60. The van der Waals surface area contributed by atoms with Crippen LogP contribution in [-0.2, 0) is 11.3 Å². The van der Waals surface area contributed by atoms with Gasteiger partial charge in [-0.05, 0) is 41.7 Å². The van der Waals surface area contributed by atoms with E-state index in [0.717, 1.165) is 19.4 Å². The molecule has 0 spiro atoms. The minimum atomic E-state index is 0.393. The summed E-state index contributed by atoms with van der Waals surface area (Å²) in [5.74, 6) is 0.393. The van der Waals surface area contributed by atoms with E-state index in [1.165, 1.54) is 18.4 Å². The van der Waals surface area contributed by atoms with Gasteiger partial charge in [-0.3, -0.25) is 9.69 Å². The predicted octanol–water partition coefficient (Wildman–Crippen LogP) is 3.08. The summed E-state index contributed by atoms with van der Waals surface area (Å²) in [7, 11) is 0. The van der Waals surface area contributed by atoms with Gasteiger partial charge in [0.25, 0.3) is 0 Å². The van der Waals surface area contributed by atoms with Gasteiger partial charge in [0.2, 0.25) is 0 Å². The minimum absolute atomic E-state index is 0.393. The first-order chi connectivity index (χ1) is 7.79. The molecule has 0 radical (unpaired) electrons. The number of Topliss-reactive ketones (excluding diaryl/α,β-unsaturated/α-hetero) is 1. The number of thiophene rings is 1. The molecule has 3 heteroatoms. The molecule has 16 heavy (non-hydrogen) atoms. The number of hydrogen-bond donors (Lipinski definition) is 0. The van der Waals surface area contributed by atoms with Crippen LogP contribution in [0.3, 0.4) is 0 Å². The van der Waals surface area contributed by atoms with E-state index in [2.05, 4.69) is 28.7 Å². The van der Waals surface area contributed by atoms with E-state index in [1.54, 1.807) is 11.3 Å². The first kappa shape index (κ1) is 11.8. The summed E-state index contributed by atoms with van der Waals surface area (Å²) >= 11 is 1.73. The van der Waals surface area contributed by atoms with E-state index < -0.39 is 0 Å². The summed E-state index contributed by atoms with van der Waals surface area (Å²) in [6.45, 7) is 3.66. The molecule has 0 saturated heterocycles. The van der Waals surface area contributed by atoms with Crippen molar-refractivity contribution in [2.75, 3.05) is 6.54 Å². The average molecular weight is 237 g/mol. The van der Waals surface area contributed by atoms with E-state index in [4.69, 9.17) is 0 Å². The smallest absolute Gasteiger partial charge is 0.146 e. The Morgan fingerprint density at radius 2 is 2.38 bits per heavy atom. The van der Waals surface area contributed by atoms with E-state index in [9.17, 15) is 4.79 Å². The zero-order chi connectivity index (χ0) is 11.4. The number of rotatable bonds is 7. The molecule has 0 bridgehead atoms. The fraction of sp³-hybridized carbons (Fsp3) is 0.615. The SMILES string of the molecule is CCCC(=O)CN(Cc1ccsc1)C1CC1. The molecule has 1 fully saturated rings. The van der Waals surface area contributed by atoms with Gasteiger partial charge in [-0.1, -0.05) is 6.92 Å². The van der Waals surface area contributed by atoms with Crippen LogP contribution in [0.2, 0.25) is 0 Å². The van der Waals surface area contributed by atoms with Crippen molar-refractivity contribution in [3.63, 3.8) is 0 Å². The fourth-order valence-electron chi connectivity index (χ4n) is 1.96. The quantitative estimate of drug-likeness (QED) is 0.726. The second-order valence-electron chi connectivity index (χ2n) is 4.56. The Kier molecular flexibility index (Phi) is 4.13. The molecule has 1 aromatic rings. The lowest BCUT2D eigenvalue weighted by molar-refractivity contribution is -0.120. The van der Waals surface area contributed by atoms with Gasteiger partial charge in [0.1, 0.15) is 5.78 Å². The van der Waals surface area contributed by atoms with Crippen LogP contribution in [-0.4, -0.2) is 23.3 Å². The van der Waals surface area contributed by atoms with Crippen LogP contribution in [0, 0.1) is 0 Å². The van der Waals surface area contributed by atoms with Gasteiger partial charge in [-0.2, -0.15) is 11.3 Å². The molecule has 0 aromatic carbocycles. The summed E-state index contributed by atoms with van der Waals surface area (Å²) in [6, 6.07) is 2.82. The topological polar surface area (TPSA) is 20.3 Å². The van der Waals surface area contributed by atoms with E-state index >= 15 is 0 Å². The molecule has 88 valence electrons. The molecular formula is C13H19NOS. The van der Waals surface area contributed by atoms with Crippen molar-refractivity contribution in [3.05, 3.63) is 22.4 Å². The lowest BCUT2D eigenvalue weighted by Crippen LogP contribution is -2.31. The zero-order valence-electron chi connectivity index (χ0n) is 9.82. The van der Waals surface area contributed by atoms with Crippen LogP contribution in [0.4, 0.5) is 0 Å². The van der Waals surface area contributed by atoms with Crippen LogP contribution in [0.25, 0.3) is 0 Å². The first-order valence-corrected chi connectivity index (χ1v) is 7.00. The molecule has 2 nitrogen and oxygen atoms in total. The monoisotopic (exact) mass is 237 g/mol. The highest BCUT2D eigenvalue weighted by Crippen LogP contribution is 2.28. The van der Waals surface area contributed by atoms with E-state index in [1.807, 2.05) is 0 Å². The van der Waals surface area contributed by atoms with Gasteiger partial charge in [0.15, 0.2) is 0 Å². The first-order valence-electron chi connectivity index (χ1n) is 6.06. The maximum Gasteiger partial charge on any atom is 0.146 e. The highest BCUT2D eigenvalue weighted by atomic mass is 32.1. The van der Waals surface area contributed by atoms with Crippen LogP contribution in [0.15, 0.2) is 16.8 Å². The molecule has 0 atom stereocenters. The van der Waals surface area contributed by atoms with Gasteiger partial charge in [0.05, 0.1) is 6.54 Å². The third-order valence-electron chi connectivity index (χ3n) is 2.94. The Balaban J connectivity index is 1.87. The highest BCUT2D eigenvalue weighted by molar-refractivity contribution is 7.07. The maximum absolute atomic E-state index is 11.7. The third kappa shape index (κ3) is 3.42. The van der Waals surface area contributed by atoms with Crippen molar-refractivity contribution in [1.82, 2.24) is 4.90 Å². The molecule has 1 aliphatic rings. The summed E-state index contributed by atoms with van der Waals surface area (Å²) < 4.78 is 0. The van der Waals surface area contributed by atoms with Crippen molar-refractivity contribution in [2.45, 2.75) is 45.2 Å². The number of ketones is 1. The Morgan fingerprint density at radius 3 is 2.94 bits per heavy atom. The number of carbonyl (C=O) groups is 1. The molecule has 1 saturated carbocycles. The lowest BCUT2D eigenvalue weighted by atomic mass is 10.2. The molecule has 0 aliphatic heterocycles.